The Bertz CT molecular complexity index is 359. The molecular weight excluding hydrogens is 242 g/mol. The minimum Gasteiger partial charge on any atom is -0.255 e. The highest BCUT2D eigenvalue weighted by Gasteiger charge is 1.79. The number of halogens is 2. The Morgan fingerprint density at radius 1 is 0.474 bits per heavy atom. The van der Waals surface area contributed by atoms with E-state index in [4.69, 9.17) is 0 Å². The summed E-state index contributed by atoms with van der Waals surface area (Å²) in [5.41, 5.74) is 3.98. The topological polar surface area (TPSA) is 0 Å². The van der Waals surface area contributed by atoms with Gasteiger partial charge in [-0.05, 0) is 20.8 Å². The molecule has 0 aliphatic rings. The second kappa shape index (κ2) is 14.4. The molecule has 0 amide bonds. The van der Waals surface area contributed by atoms with E-state index in [2.05, 4.69) is 57.2 Å². The molecule has 0 heterocycles. The second-order valence-electron chi connectivity index (χ2n) is 3.81. The lowest BCUT2D eigenvalue weighted by Gasteiger charge is -1.90. The van der Waals surface area contributed by atoms with Crippen molar-refractivity contribution in [1.82, 2.24) is 0 Å². The molecule has 0 saturated carbocycles. The van der Waals surface area contributed by atoms with Crippen LogP contribution in [-0.2, 0) is 0 Å². The summed E-state index contributed by atoms with van der Waals surface area (Å²) in [4.78, 5) is 0. The molecule has 19 heavy (non-hydrogen) atoms. The lowest BCUT2D eigenvalue weighted by atomic mass is 10.2. The van der Waals surface area contributed by atoms with Crippen LogP contribution in [0.3, 0.4) is 0 Å². The van der Waals surface area contributed by atoms with Gasteiger partial charge in [0.15, 0.2) is 0 Å². The van der Waals surface area contributed by atoms with Crippen molar-refractivity contribution in [3.8, 4) is 0 Å². The largest absolute Gasteiger partial charge is 0.255 e. The number of benzene rings is 2. The van der Waals surface area contributed by atoms with E-state index in [1.807, 2.05) is 18.2 Å². The van der Waals surface area contributed by atoms with E-state index in [9.17, 15) is 8.78 Å². The molecule has 0 atom stereocenters. The highest BCUT2D eigenvalue weighted by Crippen LogP contribution is 1.99. The van der Waals surface area contributed by atoms with Gasteiger partial charge in [-0.2, -0.15) is 0 Å². The van der Waals surface area contributed by atoms with E-state index in [0.717, 1.165) is 0 Å². The SMILES string of the molecule is CF.CF.Cc1ccc(C)cc1.Cc1ccccc1. The molecule has 2 rings (SSSR count). The van der Waals surface area contributed by atoms with Crippen LogP contribution in [-0.4, -0.2) is 14.4 Å². The average molecular weight is 266 g/mol. The summed E-state index contributed by atoms with van der Waals surface area (Å²) in [6, 6.07) is 18.7. The van der Waals surface area contributed by atoms with E-state index in [1.54, 1.807) is 0 Å². The predicted molar refractivity (Wildman–Crippen MR) is 81.2 cm³/mol. The van der Waals surface area contributed by atoms with E-state index in [0.29, 0.717) is 14.4 Å². The van der Waals surface area contributed by atoms with Crippen LogP contribution in [0, 0.1) is 20.8 Å². The maximum atomic E-state index is 9.50. The first-order valence-electron chi connectivity index (χ1n) is 5.99. The van der Waals surface area contributed by atoms with Crippen LogP contribution in [0.15, 0.2) is 54.6 Å². The van der Waals surface area contributed by atoms with E-state index in [-0.39, 0.29) is 0 Å². The van der Waals surface area contributed by atoms with Crippen LogP contribution in [0.4, 0.5) is 8.78 Å². The number of hydrogen-bond acceptors (Lipinski definition) is 0. The summed E-state index contributed by atoms with van der Waals surface area (Å²) in [6.45, 7) is 6.28. The minimum atomic E-state index is 0.500. The van der Waals surface area contributed by atoms with Gasteiger partial charge in [0.05, 0.1) is 14.4 Å². The van der Waals surface area contributed by atoms with Crippen LogP contribution in [0.2, 0.25) is 0 Å². The van der Waals surface area contributed by atoms with E-state index < -0.39 is 0 Å². The number of hydrogen-bond donors (Lipinski definition) is 0. The quantitative estimate of drug-likeness (QED) is 0.593. The lowest BCUT2D eigenvalue weighted by Crippen LogP contribution is -1.70. The molecule has 0 aliphatic heterocycles. The minimum absolute atomic E-state index is 0.500. The first kappa shape index (κ1) is 19.6. The van der Waals surface area contributed by atoms with Crippen molar-refractivity contribution < 1.29 is 8.78 Å². The van der Waals surface area contributed by atoms with Gasteiger partial charge in [0, 0.05) is 0 Å². The van der Waals surface area contributed by atoms with Gasteiger partial charge in [0.2, 0.25) is 0 Å². The number of alkyl halides is 2. The maximum absolute atomic E-state index is 9.50. The van der Waals surface area contributed by atoms with Crippen LogP contribution in [0.5, 0.6) is 0 Å². The molecule has 0 saturated heterocycles. The summed E-state index contributed by atoms with van der Waals surface area (Å²) < 4.78 is 19.0. The van der Waals surface area contributed by atoms with Crippen molar-refractivity contribution in [2.24, 2.45) is 0 Å². The summed E-state index contributed by atoms with van der Waals surface area (Å²) >= 11 is 0. The fraction of sp³-hybridized carbons (Fsp3) is 0.294. The van der Waals surface area contributed by atoms with Crippen molar-refractivity contribution in [3.05, 3.63) is 71.3 Å². The zero-order valence-corrected chi connectivity index (χ0v) is 12.5. The standard InChI is InChI=1S/C8H10.C7H8.2CH3F/c1-7-3-5-8(2)6-4-7;1-7-5-3-2-4-6-7;2*1-2/h3-6H,1-2H3;2-6H,1H3;2*1H3. The monoisotopic (exact) mass is 266 g/mol. The third-order valence-electron chi connectivity index (χ3n) is 2.16. The Kier molecular flexibility index (Phi) is 14.8. The molecule has 0 unspecified atom stereocenters. The molecular formula is C17H24F2. The molecule has 0 fully saturated rings. The van der Waals surface area contributed by atoms with Crippen LogP contribution < -0.4 is 0 Å². The lowest BCUT2D eigenvalue weighted by molar-refractivity contribution is 0.635. The van der Waals surface area contributed by atoms with E-state index >= 15 is 0 Å². The van der Waals surface area contributed by atoms with Crippen LogP contribution in [0.25, 0.3) is 0 Å². The number of aryl methyl sites for hydroxylation is 3. The second-order valence-corrected chi connectivity index (χ2v) is 3.81. The average Bonchev–Trinajstić information content (AvgIpc) is 2.48. The molecule has 0 bridgehead atoms. The van der Waals surface area contributed by atoms with Gasteiger partial charge in [-0.1, -0.05) is 71.3 Å². The Labute approximate surface area is 116 Å². The molecule has 2 aromatic rings. The Balaban J connectivity index is 0. The molecule has 0 spiro atoms. The van der Waals surface area contributed by atoms with Crippen molar-refractivity contribution >= 4 is 0 Å². The van der Waals surface area contributed by atoms with Gasteiger partial charge in [-0.3, -0.25) is 8.78 Å². The fourth-order valence-corrected chi connectivity index (χ4v) is 1.17. The van der Waals surface area contributed by atoms with E-state index in [1.165, 1.54) is 16.7 Å². The molecule has 0 nitrogen and oxygen atoms in total. The third kappa shape index (κ3) is 12.5. The van der Waals surface area contributed by atoms with Crippen molar-refractivity contribution in [2.75, 3.05) is 14.4 Å². The zero-order chi connectivity index (χ0) is 15.1. The molecule has 2 heteroatoms. The summed E-state index contributed by atoms with van der Waals surface area (Å²) in [7, 11) is 1.00. The Morgan fingerprint density at radius 2 is 0.737 bits per heavy atom. The molecule has 0 radical (unpaired) electrons. The van der Waals surface area contributed by atoms with Crippen LogP contribution in [0.1, 0.15) is 16.7 Å². The smallest absolute Gasteiger partial charge is 0.0785 e. The fourth-order valence-electron chi connectivity index (χ4n) is 1.17. The predicted octanol–water partition coefficient (Wildman–Crippen LogP) is 5.47. The van der Waals surface area contributed by atoms with Crippen molar-refractivity contribution in [3.63, 3.8) is 0 Å². The summed E-state index contributed by atoms with van der Waals surface area (Å²) in [5, 5.41) is 0. The molecule has 106 valence electrons. The summed E-state index contributed by atoms with van der Waals surface area (Å²) in [5.74, 6) is 0. The first-order chi connectivity index (χ1) is 9.18. The zero-order valence-electron chi connectivity index (χ0n) is 12.5. The normalized spacial score (nSPS) is 7.74. The molecule has 0 aliphatic carbocycles. The maximum Gasteiger partial charge on any atom is 0.0785 e. The number of rotatable bonds is 0. The van der Waals surface area contributed by atoms with Gasteiger partial charge in [-0.15, -0.1) is 0 Å². The molecule has 0 aromatic heterocycles. The first-order valence-corrected chi connectivity index (χ1v) is 5.99. The molecule has 2 aromatic carbocycles. The van der Waals surface area contributed by atoms with Crippen molar-refractivity contribution in [1.29, 1.82) is 0 Å². The highest BCUT2D eigenvalue weighted by molar-refractivity contribution is 5.19. The van der Waals surface area contributed by atoms with Crippen LogP contribution >= 0.6 is 0 Å². The van der Waals surface area contributed by atoms with Gasteiger partial charge in [0.1, 0.15) is 0 Å². The summed E-state index contributed by atoms with van der Waals surface area (Å²) in [6.07, 6.45) is 0. The Morgan fingerprint density at radius 3 is 0.947 bits per heavy atom. The van der Waals surface area contributed by atoms with Gasteiger partial charge >= 0.3 is 0 Å². The third-order valence-corrected chi connectivity index (χ3v) is 2.16. The molecule has 0 N–H and O–H groups in total. The van der Waals surface area contributed by atoms with Gasteiger partial charge in [-0.25, -0.2) is 0 Å². The highest BCUT2D eigenvalue weighted by atomic mass is 19.1. The van der Waals surface area contributed by atoms with Gasteiger partial charge < -0.3 is 0 Å². The van der Waals surface area contributed by atoms with Gasteiger partial charge in [0.25, 0.3) is 0 Å². The Hall–Kier alpha value is -1.70. The van der Waals surface area contributed by atoms with Crippen molar-refractivity contribution in [2.45, 2.75) is 20.8 Å².